The summed E-state index contributed by atoms with van der Waals surface area (Å²) in [4.78, 5) is 8.03. The van der Waals surface area contributed by atoms with Gasteiger partial charge < -0.3 is 9.64 Å². The molecule has 1 unspecified atom stereocenters. The Balaban J connectivity index is 1.67. The van der Waals surface area contributed by atoms with Gasteiger partial charge in [-0.05, 0) is 44.5 Å². The highest BCUT2D eigenvalue weighted by atomic mass is 32.1. The quantitative estimate of drug-likeness (QED) is 0.809. The third-order valence-electron chi connectivity index (χ3n) is 4.70. The molecule has 0 bridgehead atoms. The first-order valence-corrected chi connectivity index (χ1v) is 8.88. The predicted octanol–water partition coefficient (Wildman–Crippen LogP) is 3.42. The van der Waals surface area contributed by atoms with E-state index in [2.05, 4.69) is 23.9 Å². The second kappa shape index (κ2) is 7.07. The standard InChI is InChI=1S/C18H23FN2OS/c1-14-17(23-13-20-14)7-9-21(2)11-18(8-10-22-12-18)15-3-5-16(19)6-4-15/h3-6,13H,7-12H2,1-2H3. The van der Waals surface area contributed by atoms with Gasteiger partial charge in [-0.3, -0.25) is 0 Å². The van der Waals surface area contributed by atoms with Crippen LogP contribution in [0, 0.1) is 12.7 Å². The van der Waals surface area contributed by atoms with E-state index < -0.39 is 0 Å². The van der Waals surface area contributed by atoms with Crippen molar-refractivity contribution in [2.45, 2.75) is 25.2 Å². The second-order valence-corrected chi connectivity index (χ2v) is 7.38. The molecule has 1 atom stereocenters. The highest BCUT2D eigenvalue weighted by Crippen LogP contribution is 2.34. The van der Waals surface area contributed by atoms with E-state index in [9.17, 15) is 4.39 Å². The Morgan fingerprint density at radius 3 is 2.74 bits per heavy atom. The van der Waals surface area contributed by atoms with E-state index in [-0.39, 0.29) is 11.2 Å². The third-order valence-corrected chi connectivity index (χ3v) is 5.69. The van der Waals surface area contributed by atoms with Gasteiger partial charge in [0.25, 0.3) is 0 Å². The highest BCUT2D eigenvalue weighted by Gasteiger charge is 2.37. The monoisotopic (exact) mass is 334 g/mol. The lowest BCUT2D eigenvalue weighted by Crippen LogP contribution is -2.40. The number of halogens is 1. The van der Waals surface area contributed by atoms with Crippen LogP contribution in [0.25, 0.3) is 0 Å². The maximum atomic E-state index is 13.2. The molecular formula is C18H23FN2OS. The molecule has 1 saturated heterocycles. The molecule has 2 heterocycles. The lowest BCUT2D eigenvalue weighted by molar-refractivity contribution is 0.159. The molecule has 1 fully saturated rings. The van der Waals surface area contributed by atoms with Crippen LogP contribution in [-0.4, -0.2) is 43.2 Å². The maximum absolute atomic E-state index is 13.2. The smallest absolute Gasteiger partial charge is 0.123 e. The van der Waals surface area contributed by atoms with Crippen molar-refractivity contribution in [2.75, 3.05) is 33.4 Å². The molecule has 0 N–H and O–H groups in total. The van der Waals surface area contributed by atoms with Crippen molar-refractivity contribution in [1.29, 1.82) is 0 Å². The van der Waals surface area contributed by atoms with Crippen molar-refractivity contribution < 1.29 is 9.13 Å². The van der Waals surface area contributed by atoms with Crippen LogP contribution in [-0.2, 0) is 16.6 Å². The number of benzene rings is 1. The van der Waals surface area contributed by atoms with Gasteiger partial charge in [-0.15, -0.1) is 11.3 Å². The van der Waals surface area contributed by atoms with Crippen molar-refractivity contribution in [3.8, 4) is 0 Å². The van der Waals surface area contributed by atoms with E-state index in [4.69, 9.17) is 4.74 Å². The third kappa shape index (κ3) is 3.79. The average molecular weight is 334 g/mol. The first kappa shape index (κ1) is 16.6. The molecule has 3 nitrogen and oxygen atoms in total. The first-order chi connectivity index (χ1) is 11.1. The average Bonchev–Trinajstić information content (AvgIpc) is 3.16. The molecular weight excluding hydrogens is 311 g/mol. The normalized spacial score (nSPS) is 21.2. The summed E-state index contributed by atoms with van der Waals surface area (Å²) in [7, 11) is 2.15. The van der Waals surface area contributed by atoms with Crippen molar-refractivity contribution in [3.63, 3.8) is 0 Å². The Labute approximate surface area is 141 Å². The van der Waals surface area contributed by atoms with Gasteiger partial charge >= 0.3 is 0 Å². The van der Waals surface area contributed by atoms with Crippen molar-refractivity contribution in [2.24, 2.45) is 0 Å². The van der Waals surface area contributed by atoms with Crippen LogP contribution in [0.5, 0.6) is 0 Å². The van der Waals surface area contributed by atoms with Gasteiger partial charge in [0, 0.05) is 30.0 Å². The molecule has 1 aromatic heterocycles. The number of aryl methyl sites for hydroxylation is 1. The van der Waals surface area contributed by atoms with Crippen molar-refractivity contribution in [3.05, 3.63) is 51.7 Å². The number of ether oxygens (including phenoxy) is 1. The predicted molar refractivity (Wildman–Crippen MR) is 91.6 cm³/mol. The Morgan fingerprint density at radius 2 is 2.13 bits per heavy atom. The summed E-state index contributed by atoms with van der Waals surface area (Å²) in [6, 6.07) is 6.92. The zero-order valence-electron chi connectivity index (χ0n) is 13.7. The molecule has 1 aliphatic heterocycles. The highest BCUT2D eigenvalue weighted by molar-refractivity contribution is 7.09. The Kier molecular flexibility index (Phi) is 5.09. The zero-order chi connectivity index (χ0) is 16.3. The largest absolute Gasteiger partial charge is 0.380 e. The number of rotatable bonds is 6. The van der Waals surface area contributed by atoms with E-state index in [0.29, 0.717) is 6.61 Å². The summed E-state index contributed by atoms with van der Waals surface area (Å²) in [6.45, 7) is 5.47. The van der Waals surface area contributed by atoms with Crippen LogP contribution >= 0.6 is 11.3 Å². The Hall–Kier alpha value is -1.30. The van der Waals surface area contributed by atoms with Crippen molar-refractivity contribution in [1.82, 2.24) is 9.88 Å². The first-order valence-electron chi connectivity index (χ1n) is 8.00. The van der Waals surface area contributed by atoms with E-state index in [1.165, 1.54) is 10.4 Å². The topological polar surface area (TPSA) is 25.4 Å². The molecule has 0 amide bonds. The molecule has 0 aliphatic carbocycles. The van der Waals surface area contributed by atoms with Crippen LogP contribution in [0.1, 0.15) is 22.6 Å². The summed E-state index contributed by atoms with van der Waals surface area (Å²) in [5.41, 5.74) is 4.21. The summed E-state index contributed by atoms with van der Waals surface area (Å²) < 4.78 is 18.9. The van der Waals surface area contributed by atoms with Gasteiger partial charge in [0.2, 0.25) is 0 Å². The molecule has 1 aromatic carbocycles. The fraction of sp³-hybridized carbons (Fsp3) is 0.500. The van der Waals surface area contributed by atoms with E-state index >= 15 is 0 Å². The number of likely N-dealkylation sites (N-methyl/N-ethyl adjacent to an activating group) is 1. The second-order valence-electron chi connectivity index (χ2n) is 6.44. The number of aromatic nitrogens is 1. The van der Waals surface area contributed by atoms with Crippen LogP contribution in [0.15, 0.2) is 29.8 Å². The van der Waals surface area contributed by atoms with E-state index in [1.54, 1.807) is 23.5 Å². The van der Waals surface area contributed by atoms with Crippen LogP contribution in [0.3, 0.4) is 0 Å². The minimum atomic E-state index is -0.183. The van der Waals surface area contributed by atoms with Gasteiger partial charge in [0.1, 0.15) is 5.82 Å². The summed E-state index contributed by atoms with van der Waals surface area (Å²) >= 11 is 1.73. The number of hydrogen-bond donors (Lipinski definition) is 0. The van der Waals surface area contributed by atoms with Crippen LogP contribution in [0.2, 0.25) is 0 Å². The molecule has 0 spiro atoms. The molecule has 23 heavy (non-hydrogen) atoms. The van der Waals surface area contributed by atoms with Gasteiger partial charge in [-0.1, -0.05) is 12.1 Å². The van der Waals surface area contributed by atoms with Gasteiger partial charge in [0.05, 0.1) is 17.8 Å². The molecule has 3 rings (SSSR count). The molecule has 5 heteroatoms. The van der Waals surface area contributed by atoms with Crippen LogP contribution < -0.4 is 0 Å². The number of thiazole rings is 1. The minimum Gasteiger partial charge on any atom is -0.380 e. The SMILES string of the molecule is Cc1ncsc1CCN(C)CC1(c2ccc(F)cc2)CCOC1. The maximum Gasteiger partial charge on any atom is 0.123 e. The number of hydrogen-bond acceptors (Lipinski definition) is 4. The molecule has 0 saturated carbocycles. The number of nitrogens with zero attached hydrogens (tertiary/aromatic N) is 2. The van der Waals surface area contributed by atoms with Gasteiger partial charge in [0.15, 0.2) is 0 Å². The molecule has 2 aromatic rings. The molecule has 124 valence electrons. The van der Waals surface area contributed by atoms with E-state index in [1.807, 2.05) is 17.6 Å². The summed E-state index contributed by atoms with van der Waals surface area (Å²) in [6.07, 6.45) is 2.01. The Bertz CT molecular complexity index is 635. The van der Waals surface area contributed by atoms with Crippen molar-refractivity contribution >= 4 is 11.3 Å². The van der Waals surface area contributed by atoms with Crippen LogP contribution in [0.4, 0.5) is 4.39 Å². The summed E-state index contributed by atoms with van der Waals surface area (Å²) in [5, 5.41) is 0. The fourth-order valence-corrected chi connectivity index (χ4v) is 4.08. The molecule has 0 radical (unpaired) electrons. The van der Waals surface area contributed by atoms with E-state index in [0.717, 1.165) is 38.2 Å². The fourth-order valence-electron chi connectivity index (χ4n) is 3.31. The lowest BCUT2D eigenvalue weighted by atomic mass is 9.79. The lowest BCUT2D eigenvalue weighted by Gasteiger charge is -2.33. The zero-order valence-corrected chi connectivity index (χ0v) is 14.5. The Morgan fingerprint density at radius 1 is 1.35 bits per heavy atom. The molecule has 1 aliphatic rings. The van der Waals surface area contributed by atoms with Gasteiger partial charge in [-0.25, -0.2) is 9.37 Å². The van der Waals surface area contributed by atoms with Gasteiger partial charge in [-0.2, -0.15) is 0 Å². The minimum absolute atomic E-state index is 0.0226. The summed E-state index contributed by atoms with van der Waals surface area (Å²) in [5.74, 6) is -0.183.